The average Bonchev–Trinajstić information content (AvgIpc) is 2.77. The number of anilines is 1. The molecule has 6 nitrogen and oxygen atoms in total. The molecule has 0 aliphatic carbocycles. The quantitative estimate of drug-likeness (QED) is 0.770. The molecule has 2 rings (SSSR count). The van der Waals surface area contributed by atoms with Gasteiger partial charge in [0.15, 0.2) is 0 Å². The van der Waals surface area contributed by atoms with Gasteiger partial charge in [-0.25, -0.2) is 8.42 Å². The first-order chi connectivity index (χ1) is 8.51. The second-order valence-electron chi connectivity index (χ2n) is 3.88. The highest BCUT2D eigenvalue weighted by atomic mass is 32.2. The molecule has 7 heteroatoms. The highest BCUT2D eigenvalue weighted by Crippen LogP contribution is 2.16. The van der Waals surface area contributed by atoms with Crippen LogP contribution in [0.5, 0.6) is 0 Å². The van der Waals surface area contributed by atoms with Crippen molar-refractivity contribution in [1.29, 1.82) is 0 Å². The molecule has 2 aromatic rings. The van der Waals surface area contributed by atoms with Gasteiger partial charge in [0, 0.05) is 18.1 Å². The maximum atomic E-state index is 12.0. The van der Waals surface area contributed by atoms with Crippen molar-refractivity contribution in [3.8, 4) is 0 Å². The molecular formula is C11H13N3O3S. The standard InChI is InChI=1S/C11H13N3O3S/c1-8-2-9(5-12-4-8)14-18(16,17)11-3-10(7-15)13-6-11/h2-6,13-15H,7H2,1H3. The van der Waals surface area contributed by atoms with Crippen molar-refractivity contribution in [2.45, 2.75) is 18.4 Å². The number of nitrogens with one attached hydrogen (secondary N) is 2. The molecular weight excluding hydrogens is 254 g/mol. The van der Waals surface area contributed by atoms with Crippen molar-refractivity contribution in [3.63, 3.8) is 0 Å². The van der Waals surface area contributed by atoms with Crippen LogP contribution in [0.15, 0.2) is 35.6 Å². The number of H-pyrrole nitrogens is 1. The number of pyridine rings is 1. The van der Waals surface area contributed by atoms with Gasteiger partial charge in [-0.3, -0.25) is 9.71 Å². The van der Waals surface area contributed by atoms with E-state index in [1.165, 1.54) is 18.5 Å². The molecule has 0 bridgehead atoms. The predicted octanol–water partition coefficient (Wildman–Crippen LogP) is 1.01. The van der Waals surface area contributed by atoms with Crippen LogP contribution in [0.3, 0.4) is 0 Å². The topological polar surface area (TPSA) is 95.1 Å². The maximum absolute atomic E-state index is 12.0. The number of rotatable bonds is 4. The fourth-order valence-electron chi connectivity index (χ4n) is 1.49. The lowest BCUT2D eigenvalue weighted by Crippen LogP contribution is -2.12. The normalized spacial score (nSPS) is 11.4. The zero-order valence-corrected chi connectivity index (χ0v) is 10.5. The summed E-state index contributed by atoms with van der Waals surface area (Å²) in [4.78, 5) is 6.66. The number of aliphatic hydroxyl groups is 1. The summed E-state index contributed by atoms with van der Waals surface area (Å²) in [6, 6.07) is 3.07. The van der Waals surface area contributed by atoms with Crippen LogP contribution in [-0.2, 0) is 16.6 Å². The molecule has 0 fully saturated rings. The van der Waals surface area contributed by atoms with Crippen LogP contribution in [0.25, 0.3) is 0 Å². The SMILES string of the molecule is Cc1cncc(NS(=O)(=O)c2c[nH]c(CO)c2)c1. The van der Waals surface area contributed by atoms with Crippen molar-refractivity contribution in [2.24, 2.45) is 0 Å². The molecule has 2 aromatic heterocycles. The molecule has 96 valence electrons. The zero-order chi connectivity index (χ0) is 13.2. The van der Waals surface area contributed by atoms with Gasteiger partial charge >= 0.3 is 0 Å². The molecule has 0 spiro atoms. The summed E-state index contributed by atoms with van der Waals surface area (Å²) in [5.41, 5.74) is 1.71. The molecule has 0 unspecified atom stereocenters. The van der Waals surface area contributed by atoms with E-state index in [0.717, 1.165) is 5.56 Å². The second kappa shape index (κ2) is 4.79. The third-order valence-corrected chi connectivity index (χ3v) is 3.68. The van der Waals surface area contributed by atoms with E-state index in [1.54, 1.807) is 12.3 Å². The Morgan fingerprint density at radius 2 is 2.17 bits per heavy atom. The smallest absolute Gasteiger partial charge is 0.263 e. The number of sulfonamides is 1. The van der Waals surface area contributed by atoms with Gasteiger partial charge in [0.05, 0.1) is 18.5 Å². The molecule has 2 heterocycles. The Kier molecular flexibility index (Phi) is 3.35. The molecule has 3 N–H and O–H groups in total. The van der Waals surface area contributed by atoms with Crippen molar-refractivity contribution in [1.82, 2.24) is 9.97 Å². The van der Waals surface area contributed by atoms with Gasteiger partial charge in [0.25, 0.3) is 10.0 Å². The lowest BCUT2D eigenvalue weighted by Gasteiger charge is -2.06. The van der Waals surface area contributed by atoms with Crippen LogP contribution in [0.1, 0.15) is 11.3 Å². The molecule has 18 heavy (non-hydrogen) atoms. The van der Waals surface area contributed by atoms with Crippen molar-refractivity contribution in [3.05, 3.63) is 42.0 Å². The number of aliphatic hydroxyl groups excluding tert-OH is 1. The lowest BCUT2D eigenvalue weighted by atomic mass is 10.3. The number of nitrogens with zero attached hydrogens (tertiary/aromatic N) is 1. The molecule has 0 saturated carbocycles. The molecule has 0 saturated heterocycles. The average molecular weight is 267 g/mol. The Hall–Kier alpha value is -1.86. The van der Waals surface area contributed by atoms with Gasteiger partial charge in [-0.15, -0.1) is 0 Å². The highest BCUT2D eigenvalue weighted by molar-refractivity contribution is 7.92. The van der Waals surface area contributed by atoms with Crippen molar-refractivity contribution < 1.29 is 13.5 Å². The molecule has 0 amide bonds. The highest BCUT2D eigenvalue weighted by Gasteiger charge is 2.16. The Bertz CT molecular complexity index is 649. The van der Waals surface area contributed by atoms with Gasteiger partial charge < -0.3 is 10.1 Å². The minimum atomic E-state index is -3.65. The third kappa shape index (κ3) is 2.69. The van der Waals surface area contributed by atoms with E-state index in [2.05, 4.69) is 14.7 Å². The molecule has 0 aromatic carbocycles. The van der Waals surface area contributed by atoms with Crippen LogP contribution in [0.2, 0.25) is 0 Å². The largest absolute Gasteiger partial charge is 0.390 e. The number of hydrogen-bond donors (Lipinski definition) is 3. The van der Waals surface area contributed by atoms with Crippen LogP contribution in [-0.4, -0.2) is 23.5 Å². The summed E-state index contributed by atoms with van der Waals surface area (Å²) < 4.78 is 26.4. The van der Waals surface area contributed by atoms with E-state index in [-0.39, 0.29) is 11.5 Å². The summed E-state index contributed by atoms with van der Waals surface area (Å²) in [5.74, 6) is 0. The van der Waals surface area contributed by atoms with E-state index in [4.69, 9.17) is 5.11 Å². The summed E-state index contributed by atoms with van der Waals surface area (Å²) in [7, 11) is -3.65. The van der Waals surface area contributed by atoms with Gasteiger partial charge in [0.1, 0.15) is 4.90 Å². The molecule has 0 aliphatic heterocycles. The monoisotopic (exact) mass is 267 g/mol. The fourth-order valence-corrected chi connectivity index (χ4v) is 2.54. The maximum Gasteiger partial charge on any atom is 0.263 e. The van der Waals surface area contributed by atoms with Crippen LogP contribution in [0.4, 0.5) is 5.69 Å². The fraction of sp³-hybridized carbons (Fsp3) is 0.182. The summed E-state index contributed by atoms with van der Waals surface area (Å²) in [6.07, 6.45) is 4.40. The van der Waals surface area contributed by atoms with Gasteiger partial charge in [-0.2, -0.15) is 0 Å². The first-order valence-corrected chi connectivity index (χ1v) is 6.72. The van der Waals surface area contributed by atoms with E-state index in [0.29, 0.717) is 11.4 Å². The Morgan fingerprint density at radius 1 is 1.39 bits per heavy atom. The lowest BCUT2D eigenvalue weighted by molar-refractivity contribution is 0.277. The van der Waals surface area contributed by atoms with Gasteiger partial charge in [-0.05, 0) is 24.6 Å². The van der Waals surface area contributed by atoms with Crippen LogP contribution < -0.4 is 4.72 Å². The number of hydrogen-bond acceptors (Lipinski definition) is 4. The van der Waals surface area contributed by atoms with Crippen molar-refractivity contribution >= 4 is 15.7 Å². The second-order valence-corrected chi connectivity index (χ2v) is 5.56. The van der Waals surface area contributed by atoms with E-state index < -0.39 is 10.0 Å². The minimum Gasteiger partial charge on any atom is -0.390 e. The Morgan fingerprint density at radius 3 is 2.78 bits per heavy atom. The Balaban J connectivity index is 2.27. The summed E-state index contributed by atoms with van der Waals surface area (Å²) >= 11 is 0. The van der Waals surface area contributed by atoms with E-state index >= 15 is 0 Å². The van der Waals surface area contributed by atoms with E-state index in [9.17, 15) is 8.42 Å². The van der Waals surface area contributed by atoms with Crippen LogP contribution >= 0.6 is 0 Å². The first kappa shape index (κ1) is 12.6. The van der Waals surface area contributed by atoms with Gasteiger partial charge in [0.2, 0.25) is 0 Å². The number of aromatic amines is 1. The molecule has 0 radical (unpaired) electrons. The zero-order valence-electron chi connectivity index (χ0n) is 9.71. The van der Waals surface area contributed by atoms with Crippen molar-refractivity contribution in [2.75, 3.05) is 4.72 Å². The predicted molar refractivity (Wildman–Crippen MR) is 66.5 cm³/mol. The first-order valence-electron chi connectivity index (χ1n) is 5.24. The Labute approximate surface area is 105 Å². The number of aromatic nitrogens is 2. The summed E-state index contributed by atoms with van der Waals surface area (Å²) in [5, 5.41) is 8.89. The number of aryl methyl sites for hydroxylation is 1. The third-order valence-electron chi connectivity index (χ3n) is 2.32. The van der Waals surface area contributed by atoms with E-state index in [1.807, 2.05) is 6.92 Å². The van der Waals surface area contributed by atoms with Gasteiger partial charge in [-0.1, -0.05) is 0 Å². The minimum absolute atomic E-state index is 0.0769. The van der Waals surface area contributed by atoms with Crippen LogP contribution in [0, 0.1) is 6.92 Å². The molecule has 0 atom stereocenters. The summed E-state index contributed by atoms with van der Waals surface area (Å²) in [6.45, 7) is 1.59. The molecule has 0 aliphatic rings.